The van der Waals surface area contributed by atoms with E-state index >= 15 is 0 Å². The van der Waals surface area contributed by atoms with Crippen LogP contribution in [0.15, 0.2) is 48.5 Å². The smallest absolute Gasteiger partial charge is 0.466 e. The van der Waals surface area contributed by atoms with Crippen LogP contribution in [0.2, 0.25) is 0 Å². The molecule has 0 amide bonds. The Morgan fingerprint density at radius 1 is 0.935 bits per heavy atom. The molecule has 0 unspecified atom stereocenters. The molecule has 3 rings (SSSR count). The topological polar surface area (TPSA) is 71.1 Å². The van der Waals surface area contributed by atoms with E-state index in [-0.39, 0.29) is 19.1 Å². The highest BCUT2D eigenvalue weighted by Gasteiger charge is 2.24. The Balaban J connectivity index is 1.41. The number of unbranched alkanes of at least 4 members (excludes halogenated alkanes) is 2. The van der Waals surface area contributed by atoms with Crippen molar-refractivity contribution in [3.63, 3.8) is 0 Å². The van der Waals surface area contributed by atoms with Crippen molar-refractivity contribution in [2.45, 2.75) is 45.4 Å². The Morgan fingerprint density at radius 2 is 1.65 bits per heavy atom. The van der Waals surface area contributed by atoms with Crippen LogP contribution in [0, 0.1) is 0 Å². The van der Waals surface area contributed by atoms with Gasteiger partial charge in [0.2, 0.25) is 0 Å². The molecule has 0 aromatic heterocycles. The van der Waals surface area contributed by atoms with E-state index in [9.17, 15) is 9.59 Å². The van der Waals surface area contributed by atoms with Gasteiger partial charge in [-0.3, -0.25) is 4.79 Å². The Morgan fingerprint density at radius 3 is 2.32 bits per heavy atom. The lowest BCUT2D eigenvalue weighted by Gasteiger charge is -2.19. The molecule has 164 valence electrons. The van der Waals surface area contributed by atoms with Gasteiger partial charge in [-0.15, -0.1) is 0 Å². The molecular formula is C24H29BO6. The highest BCUT2D eigenvalue weighted by molar-refractivity contribution is 6.61. The average Bonchev–Trinajstić information content (AvgIpc) is 2.82. The molecule has 0 radical (unpaired) electrons. The van der Waals surface area contributed by atoms with E-state index in [1.807, 2.05) is 24.3 Å². The van der Waals surface area contributed by atoms with Gasteiger partial charge < -0.3 is 18.8 Å². The van der Waals surface area contributed by atoms with Crippen molar-refractivity contribution < 1.29 is 28.4 Å². The summed E-state index contributed by atoms with van der Waals surface area (Å²) >= 11 is 0. The molecule has 2 aromatic rings. The van der Waals surface area contributed by atoms with Gasteiger partial charge in [0.1, 0.15) is 5.75 Å². The lowest BCUT2D eigenvalue weighted by molar-refractivity contribution is -0.143. The molecule has 0 bridgehead atoms. The number of aryl methyl sites for hydroxylation is 1. The first-order chi connectivity index (χ1) is 15.2. The van der Waals surface area contributed by atoms with E-state index in [2.05, 4.69) is 0 Å². The lowest BCUT2D eigenvalue weighted by atomic mass is 9.78. The number of carbonyl (C=O) groups is 2. The van der Waals surface area contributed by atoms with Gasteiger partial charge in [0, 0.05) is 19.6 Å². The van der Waals surface area contributed by atoms with Crippen molar-refractivity contribution in [2.75, 3.05) is 19.8 Å². The summed E-state index contributed by atoms with van der Waals surface area (Å²) in [5.74, 6) is -0.0507. The second-order valence-corrected chi connectivity index (χ2v) is 7.47. The molecule has 1 saturated heterocycles. The molecule has 0 aliphatic carbocycles. The molecule has 6 nitrogen and oxygen atoms in total. The third kappa shape index (κ3) is 7.53. The summed E-state index contributed by atoms with van der Waals surface area (Å²) < 4.78 is 21.7. The van der Waals surface area contributed by atoms with Gasteiger partial charge in [-0.25, -0.2) is 4.79 Å². The zero-order chi connectivity index (χ0) is 21.9. The van der Waals surface area contributed by atoms with Gasteiger partial charge in [0.05, 0.1) is 12.2 Å². The van der Waals surface area contributed by atoms with Gasteiger partial charge in [0.15, 0.2) is 0 Å². The van der Waals surface area contributed by atoms with E-state index in [0.29, 0.717) is 37.6 Å². The summed E-state index contributed by atoms with van der Waals surface area (Å²) in [6.45, 7) is 3.65. The van der Waals surface area contributed by atoms with Crippen LogP contribution >= 0.6 is 0 Å². The van der Waals surface area contributed by atoms with Gasteiger partial charge in [-0.1, -0.05) is 31.2 Å². The first-order valence-corrected chi connectivity index (χ1v) is 11.0. The number of hydrogen-bond acceptors (Lipinski definition) is 6. The zero-order valence-electron chi connectivity index (χ0n) is 18.0. The third-order valence-corrected chi connectivity index (χ3v) is 5.04. The maximum Gasteiger partial charge on any atom is 0.493 e. The largest absolute Gasteiger partial charge is 0.493 e. The number of esters is 2. The van der Waals surface area contributed by atoms with Crippen LogP contribution < -0.4 is 10.2 Å². The molecule has 31 heavy (non-hydrogen) atoms. The molecule has 1 heterocycles. The third-order valence-electron chi connectivity index (χ3n) is 5.04. The van der Waals surface area contributed by atoms with Crippen LogP contribution in [0.25, 0.3) is 0 Å². The maximum atomic E-state index is 12.4. The normalized spacial score (nSPS) is 13.6. The molecule has 0 atom stereocenters. The molecule has 7 heteroatoms. The average molecular weight is 424 g/mol. The number of benzene rings is 2. The lowest BCUT2D eigenvalue weighted by Crippen LogP contribution is -2.40. The van der Waals surface area contributed by atoms with Crippen LogP contribution in [0.1, 0.15) is 54.9 Å². The second-order valence-electron chi connectivity index (χ2n) is 7.47. The molecule has 1 fully saturated rings. The van der Waals surface area contributed by atoms with Crippen molar-refractivity contribution in [1.82, 2.24) is 0 Å². The summed E-state index contributed by atoms with van der Waals surface area (Å²) in [5.41, 5.74) is 2.59. The summed E-state index contributed by atoms with van der Waals surface area (Å²) in [6.07, 6.45) is 5.12. The van der Waals surface area contributed by atoms with E-state index in [4.69, 9.17) is 18.8 Å². The van der Waals surface area contributed by atoms with Crippen molar-refractivity contribution >= 4 is 24.5 Å². The van der Waals surface area contributed by atoms with Crippen molar-refractivity contribution in [1.29, 1.82) is 0 Å². The first kappa shape index (κ1) is 23.0. The molecule has 1 aliphatic heterocycles. The number of carbonyl (C=O) groups excluding carboxylic acids is 2. The SMILES string of the molecule is CCC(=O)OCCCCCc1ccc(C(=O)Oc2ccc(B3OCCCO3)cc2)cc1. The van der Waals surface area contributed by atoms with Gasteiger partial charge >= 0.3 is 19.1 Å². The van der Waals surface area contributed by atoms with Crippen LogP contribution in [0.3, 0.4) is 0 Å². The Bertz CT molecular complexity index is 828. The number of rotatable bonds is 10. The molecule has 0 N–H and O–H groups in total. The first-order valence-electron chi connectivity index (χ1n) is 11.0. The van der Waals surface area contributed by atoms with Crippen LogP contribution in [-0.4, -0.2) is 38.9 Å². The fraction of sp³-hybridized carbons (Fsp3) is 0.417. The van der Waals surface area contributed by atoms with Crippen LogP contribution in [-0.2, 0) is 25.3 Å². The highest BCUT2D eigenvalue weighted by Crippen LogP contribution is 2.14. The van der Waals surface area contributed by atoms with Gasteiger partial charge in [-0.05, 0) is 67.4 Å². The van der Waals surface area contributed by atoms with Crippen LogP contribution in [0.4, 0.5) is 0 Å². The quantitative estimate of drug-likeness (QED) is 0.251. The van der Waals surface area contributed by atoms with E-state index in [1.54, 1.807) is 31.2 Å². The predicted octanol–water partition coefficient (Wildman–Crippen LogP) is 3.70. The Hall–Kier alpha value is -2.64. The summed E-state index contributed by atoms with van der Waals surface area (Å²) in [4.78, 5) is 23.5. The minimum atomic E-state index is -0.387. The number of hydrogen-bond donors (Lipinski definition) is 0. The highest BCUT2D eigenvalue weighted by atomic mass is 16.6. The Kier molecular flexibility index (Phi) is 9.12. The fourth-order valence-corrected chi connectivity index (χ4v) is 3.24. The minimum absolute atomic E-state index is 0.148. The molecule has 2 aromatic carbocycles. The van der Waals surface area contributed by atoms with Gasteiger partial charge in [0.25, 0.3) is 0 Å². The van der Waals surface area contributed by atoms with E-state index < -0.39 is 0 Å². The summed E-state index contributed by atoms with van der Waals surface area (Å²) in [7, 11) is -0.350. The summed E-state index contributed by atoms with van der Waals surface area (Å²) in [5, 5.41) is 0. The van der Waals surface area contributed by atoms with Crippen molar-refractivity contribution in [3.8, 4) is 5.75 Å². The van der Waals surface area contributed by atoms with Crippen LogP contribution in [0.5, 0.6) is 5.75 Å². The second kappa shape index (κ2) is 12.3. The van der Waals surface area contributed by atoms with Crippen molar-refractivity contribution in [2.24, 2.45) is 0 Å². The van der Waals surface area contributed by atoms with Gasteiger partial charge in [-0.2, -0.15) is 0 Å². The maximum absolute atomic E-state index is 12.4. The predicted molar refractivity (Wildman–Crippen MR) is 119 cm³/mol. The Labute approximate surface area is 184 Å². The zero-order valence-corrected chi connectivity index (χ0v) is 18.0. The van der Waals surface area contributed by atoms with Crippen molar-refractivity contribution in [3.05, 3.63) is 59.7 Å². The molecular weight excluding hydrogens is 395 g/mol. The molecule has 0 saturated carbocycles. The van der Waals surface area contributed by atoms with E-state index in [0.717, 1.165) is 37.6 Å². The standard InChI is InChI=1S/C24H29BO6/c1-2-23(26)28-16-5-3-4-7-19-8-10-20(11-9-19)24(27)31-22-14-12-21(13-15-22)25-29-17-6-18-30-25/h8-15H,2-7,16-18H2,1H3. The molecule has 0 spiro atoms. The monoisotopic (exact) mass is 424 g/mol. The fourth-order valence-electron chi connectivity index (χ4n) is 3.24. The summed E-state index contributed by atoms with van der Waals surface area (Å²) in [6, 6.07) is 14.7. The number of ether oxygens (including phenoxy) is 2. The molecule has 1 aliphatic rings. The van der Waals surface area contributed by atoms with E-state index in [1.165, 1.54) is 5.56 Å². The minimum Gasteiger partial charge on any atom is -0.466 e.